The number of nitrogens with one attached hydrogen (secondary N) is 2. The van der Waals surface area contributed by atoms with E-state index in [9.17, 15) is 0 Å². The molecule has 0 aliphatic carbocycles. The number of thioether (sulfide) groups is 1. The van der Waals surface area contributed by atoms with Gasteiger partial charge in [-0.2, -0.15) is 11.8 Å². The Kier molecular flexibility index (Phi) is 8.07. The number of guanidine groups is 1. The van der Waals surface area contributed by atoms with Gasteiger partial charge < -0.3 is 15.4 Å². The summed E-state index contributed by atoms with van der Waals surface area (Å²) in [5, 5.41) is 7.46. The van der Waals surface area contributed by atoms with Crippen molar-refractivity contribution in [3.8, 4) is 5.88 Å². The fourth-order valence-electron chi connectivity index (χ4n) is 2.32. The van der Waals surface area contributed by atoms with Crippen LogP contribution in [0, 0.1) is 0 Å². The zero-order chi connectivity index (χ0) is 16.3. The topological polar surface area (TPSA) is 58.5 Å². The van der Waals surface area contributed by atoms with Crippen LogP contribution in [0.5, 0.6) is 5.88 Å². The first kappa shape index (κ1) is 17.9. The van der Waals surface area contributed by atoms with Crippen LogP contribution in [0.3, 0.4) is 0 Å². The van der Waals surface area contributed by atoms with Gasteiger partial charge in [0, 0.05) is 30.6 Å². The minimum Gasteiger partial charge on any atom is -0.478 e. The Morgan fingerprint density at radius 1 is 1.39 bits per heavy atom. The van der Waals surface area contributed by atoms with Crippen molar-refractivity contribution in [1.82, 2.24) is 15.6 Å². The quantitative estimate of drug-likeness (QED) is 0.565. The Labute approximate surface area is 143 Å². The van der Waals surface area contributed by atoms with Crippen LogP contribution in [-0.2, 0) is 6.54 Å². The van der Waals surface area contributed by atoms with Crippen molar-refractivity contribution < 1.29 is 4.74 Å². The second kappa shape index (κ2) is 10.4. The van der Waals surface area contributed by atoms with E-state index >= 15 is 0 Å². The molecule has 128 valence electrons. The number of nitrogens with zero attached hydrogens (tertiary/aromatic N) is 2. The van der Waals surface area contributed by atoms with Crippen molar-refractivity contribution in [2.45, 2.75) is 44.9 Å². The van der Waals surface area contributed by atoms with Crippen LogP contribution in [0.1, 0.15) is 38.7 Å². The highest BCUT2D eigenvalue weighted by atomic mass is 32.2. The lowest BCUT2D eigenvalue weighted by Gasteiger charge is -2.14. The Morgan fingerprint density at radius 2 is 2.30 bits per heavy atom. The molecule has 1 aliphatic heterocycles. The molecule has 1 unspecified atom stereocenters. The molecule has 0 radical (unpaired) electrons. The number of aliphatic imine (C=N–C) groups is 1. The third-order valence-electron chi connectivity index (χ3n) is 3.54. The van der Waals surface area contributed by atoms with Gasteiger partial charge in [-0.15, -0.1) is 0 Å². The highest BCUT2D eigenvalue weighted by Gasteiger charge is 2.15. The average molecular weight is 337 g/mol. The van der Waals surface area contributed by atoms with Crippen molar-refractivity contribution in [2.75, 3.05) is 25.4 Å². The molecule has 6 heteroatoms. The van der Waals surface area contributed by atoms with Gasteiger partial charge in [0.1, 0.15) is 0 Å². The number of hydrogen-bond acceptors (Lipinski definition) is 4. The van der Waals surface area contributed by atoms with Gasteiger partial charge in [0.05, 0.1) is 13.2 Å². The molecule has 0 saturated carbocycles. The SMILES string of the molecule is CCCOc1ccc(CN=C(NCC)NCC2CCCS2)cn1. The minimum absolute atomic E-state index is 0.619. The molecule has 1 aromatic heterocycles. The molecule has 1 aromatic rings. The summed E-state index contributed by atoms with van der Waals surface area (Å²) in [6, 6.07) is 3.94. The fourth-order valence-corrected chi connectivity index (χ4v) is 3.53. The summed E-state index contributed by atoms with van der Waals surface area (Å²) in [7, 11) is 0. The predicted octanol–water partition coefficient (Wildman–Crippen LogP) is 2.82. The number of rotatable bonds is 8. The monoisotopic (exact) mass is 336 g/mol. The molecule has 2 rings (SSSR count). The van der Waals surface area contributed by atoms with Crippen LogP contribution in [0.2, 0.25) is 0 Å². The van der Waals surface area contributed by atoms with Crippen molar-refractivity contribution >= 4 is 17.7 Å². The second-order valence-corrected chi connectivity index (χ2v) is 6.97. The molecule has 5 nitrogen and oxygen atoms in total. The third-order valence-corrected chi connectivity index (χ3v) is 4.93. The molecule has 0 amide bonds. The van der Waals surface area contributed by atoms with Gasteiger partial charge >= 0.3 is 0 Å². The number of aromatic nitrogens is 1. The van der Waals surface area contributed by atoms with E-state index in [0.717, 1.165) is 36.3 Å². The Morgan fingerprint density at radius 3 is 2.96 bits per heavy atom. The highest BCUT2D eigenvalue weighted by Crippen LogP contribution is 2.25. The van der Waals surface area contributed by atoms with Crippen LogP contribution in [0.15, 0.2) is 23.3 Å². The van der Waals surface area contributed by atoms with E-state index in [2.05, 4.69) is 46.2 Å². The van der Waals surface area contributed by atoms with Crippen molar-refractivity contribution in [3.63, 3.8) is 0 Å². The summed E-state index contributed by atoms with van der Waals surface area (Å²) in [5.41, 5.74) is 1.08. The zero-order valence-electron chi connectivity index (χ0n) is 14.2. The maximum absolute atomic E-state index is 5.50. The normalized spacial score (nSPS) is 18.0. The lowest BCUT2D eigenvalue weighted by molar-refractivity contribution is 0.305. The molecule has 2 heterocycles. The van der Waals surface area contributed by atoms with Crippen LogP contribution in [0.4, 0.5) is 0 Å². The Bertz CT molecular complexity index is 472. The van der Waals surface area contributed by atoms with Gasteiger partial charge in [0.2, 0.25) is 5.88 Å². The first-order valence-electron chi connectivity index (χ1n) is 8.53. The maximum atomic E-state index is 5.50. The van der Waals surface area contributed by atoms with Crippen LogP contribution in [-0.4, -0.2) is 41.6 Å². The number of ether oxygens (including phenoxy) is 1. The molecule has 1 saturated heterocycles. The molecular weight excluding hydrogens is 308 g/mol. The van der Waals surface area contributed by atoms with Crippen LogP contribution < -0.4 is 15.4 Å². The summed E-state index contributed by atoms with van der Waals surface area (Å²) in [6.07, 6.45) is 5.47. The summed E-state index contributed by atoms with van der Waals surface area (Å²) < 4.78 is 5.50. The average Bonchev–Trinajstić information content (AvgIpc) is 3.10. The smallest absolute Gasteiger partial charge is 0.213 e. The van der Waals surface area contributed by atoms with E-state index in [1.165, 1.54) is 18.6 Å². The predicted molar refractivity (Wildman–Crippen MR) is 98.3 cm³/mol. The molecule has 0 bridgehead atoms. The molecule has 1 atom stereocenters. The van der Waals surface area contributed by atoms with E-state index in [1.807, 2.05) is 18.3 Å². The van der Waals surface area contributed by atoms with E-state index in [-0.39, 0.29) is 0 Å². The highest BCUT2D eigenvalue weighted by molar-refractivity contribution is 8.00. The first-order chi connectivity index (χ1) is 11.3. The van der Waals surface area contributed by atoms with Crippen molar-refractivity contribution in [1.29, 1.82) is 0 Å². The maximum Gasteiger partial charge on any atom is 0.213 e. The van der Waals surface area contributed by atoms with Crippen LogP contribution in [0.25, 0.3) is 0 Å². The molecular formula is C17H28N4OS. The fraction of sp³-hybridized carbons (Fsp3) is 0.647. The van der Waals surface area contributed by atoms with Crippen LogP contribution >= 0.6 is 11.8 Å². The first-order valence-corrected chi connectivity index (χ1v) is 9.58. The summed E-state index contributed by atoms with van der Waals surface area (Å²) in [5.74, 6) is 2.85. The van der Waals surface area contributed by atoms with E-state index in [4.69, 9.17) is 4.74 Å². The molecule has 1 fully saturated rings. The van der Waals surface area contributed by atoms with Gasteiger partial charge in [0.25, 0.3) is 0 Å². The standard InChI is InChI=1S/C17H28N4OS/c1-3-9-22-16-8-7-14(11-19-16)12-20-17(18-4-2)21-13-15-6-5-10-23-15/h7-8,11,15H,3-6,9-10,12-13H2,1-2H3,(H2,18,20,21). The third kappa shape index (κ3) is 6.69. The molecule has 0 aromatic carbocycles. The summed E-state index contributed by atoms with van der Waals surface area (Å²) in [4.78, 5) is 8.95. The van der Waals surface area contributed by atoms with Gasteiger partial charge in [-0.1, -0.05) is 13.0 Å². The number of pyridine rings is 1. The van der Waals surface area contributed by atoms with Crippen molar-refractivity contribution in [3.05, 3.63) is 23.9 Å². The molecule has 1 aliphatic rings. The largest absolute Gasteiger partial charge is 0.478 e. The van der Waals surface area contributed by atoms with Gasteiger partial charge in [-0.25, -0.2) is 9.98 Å². The minimum atomic E-state index is 0.619. The molecule has 0 spiro atoms. The summed E-state index contributed by atoms with van der Waals surface area (Å²) >= 11 is 2.06. The van der Waals surface area contributed by atoms with Gasteiger partial charge in [0.15, 0.2) is 5.96 Å². The lowest BCUT2D eigenvalue weighted by atomic mass is 10.2. The van der Waals surface area contributed by atoms with Gasteiger partial charge in [-0.3, -0.25) is 0 Å². The molecule has 23 heavy (non-hydrogen) atoms. The Hall–Kier alpha value is -1.43. The Balaban J connectivity index is 1.83. The van der Waals surface area contributed by atoms with E-state index < -0.39 is 0 Å². The van der Waals surface area contributed by atoms with Gasteiger partial charge in [-0.05, 0) is 37.5 Å². The van der Waals surface area contributed by atoms with Crippen molar-refractivity contribution in [2.24, 2.45) is 4.99 Å². The molecule has 2 N–H and O–H groups in total. The van der Waals surface area contributed by atoms with E-state index in [1.54, 1.807) is 0 Å². The number of hydrogen-bond donors (Lipinski definition) is 2. The van der Waals surface area contributed by atoms with E-state index in [0.29, 0.717) is 19.0 Å². The summed E-state index contributed by atoms with van der Waals surface area (Å²) in [6.45, 7) is 7.35. The second-order valence-electron chi connectivity index (χ2n) is 5.56. The zero-order valence-corrected chi connectivity index (χ0v) is 15.0. The lowest BCUT2D eigenvalue weighted by Crippen LogP contribution is -2.40.